The lowest BCUT2D eigenvalue weighted by Gasteiger charge is -2.29. The fraction of sp³-hybridized carbons (Fsp3) is 0.400. The molecule has 3 heterocycles. The highest BCUT2D eigenvalue weighted by Crippen LogP contribution is 2.29. The highest BCUT2D eigenvalue weighted by atomic mass is 32.1. The number of nitrogens with one attached hydrogen (secondary N) is 1. The molecule has 1 saturated carbocycles. The summed E-state index contributed by atoms with van der Waals surface area (Å²) in [5, 5.41) is 10.6. The molecule has 7 nitrogen and oxygen atoms in total. The van der Waals surface area contributed by atoms with Crippen molar-refractivity contribution in [2.45, 2.75) is 51.2 Å². The minimum atomic E-state index is -0.874. The average Bonchev–Trinajstić information content (AvgIpc) is 3.49. The summed E-state index contributed by atoms with van der Waals surface area (Å²) in [4.78, 5) is 29.2. The quantitative estimate of drug-likeness (QED) is 0.613. The molecule has 0 aromatic carbocycles. The van der Waals surface area contributed by atoms with Crippen molar-refractivity contribution in [1.29, 1.82) is 0 Å². The molecule has 4 rings (SSSR count). The Morgan fingerprint density at radius 3 is 2.76 bits per heavy atom. The molecule has 0 radical (unpaired) electrons. The fourth-order valence-corrected chi connectivity index (χ4v) is 4.76. The summed E-state index contributed by atoms with van der Waals surface area (Å²) in [6.07, 6.45) is 4.14. The summed E-state index contributed by atoms with van der Waals surface area (Å²) in [5.41, 5.74) is 0.230. The molecular weight excluding hydrogens is 408 g/mol. The first kappa shape index (κ1) is 19.8. The summed E-state index contributed by atoms with van der Waals surface area (Å²) in [7, 11) is 0. The number of rotatable bonds is 7. The second-order valence-corrected chi connectivity index (χ2v) is 8.79. The van der Waals surface area contributed by atoms with E-state index in [1.807, 2.05) is 30.5 Å². The van der Waals surface area contributed by atoms with Crippen LogP contribution in [0.2, 0.25) is 0 Å². The summed E-state index contributed by atoms with van der Waals surface area (Å²) in [5.74, 6) is 0.579. The van der Waals surface area contributed by atoms with Gasteiger partial charge in [0.2, 0.25) is 0 Å². The number of thiophene rings is 1. The molecule has 3 aromatic heterocycles. The second-order valence-electron chi connectivity index (χ2n) is 7.14. The molecule has 152 valence electrons. The van der Waals surface area contributed by atoms with Crippen LogP contribution < -0.4 is 5.32 Å². The van der Waals surface area contributed by atoms with Crippen LogP contribution in [0.25, 0.3) is 0 Å². The number of nitrogens with zero attached hydrogens (tertiary/aromatic N) is 3. The van der Waals surface area contributed by atoms with Crippen LogP contribution in [0.3, 0.4) is 0 Å². The van der Waals surface area contributed by atoms with Gasteiger partial charge in [0.05, 0.1) is 6.54 Å². The second kappa shape index (κ2) is 8.87. The highest BCUT2D eigenvalue weighted by molar-refractivity contribution is 7.09. The summed E-state index contributed by atoms with van der Waals surface area (Å²) in [6.45, 7) is 2.11. The Hall–Kier alpha value is -2.52. The van der Waals surface area contributed by atoms with Gasteiger partial charge >= 0.3 is 0 Å². The van der Waals surface area contributed by atoms with Gasteiger partial charge in [0.1, 0.15) is 11.5 Å². The van der Waals surface area contributed by atoms with E-state index in [9.17, 15) is 9.59 Å². The average molecular weight is 431 g/mol. The normalized spacial score (nSPS) is 15.3. The zero-order valence-electron chi connectivity index (χ0n) is 16.0. The van der Waals surface area contributed by atoms with E-state index in [0.29, 0.717) is 11.5 Å². The van der Waals surface area contributed by atoms with Crippen LogP contribution in [0.1, 0.15) is 58.6 Å². The first-order valence-corrected chi connectivity index (χ1v) is 11.3. The molecule has 9 heteroatoms. The molecule has 0 saturated heterocycles. The van der Waals surface area contributed by atoms with Crippen molar-refractivity contribution in [2.75, 3.05) is 0 Å². The first-order valence-electron chi connectivity index (χ1n) is 9.59. The smallest absolute Gasteiger partial charge is 0.276 e. The van der Waals surface area contributed by atoms with Gasteiger partial charge in [0.15, 0.2) is 11.7 Å². The van der Waals surface area contributed by atoms with Crippen LogP contribution in [0, 0.1) is 6.92 Å². The van der Waals surface area contributed by atoms with E-state index in [1.165, 1.54) is 16.2 Å². The van der Waals surface area contributed by atoms with Gasteiger partial charge in [0.25, 0.3) is 11.8 Å². The van der Waals surface area contributed by atoms with Crippen LogP contribution in [0.5, 0.6) is 0 Å². The highest BCUT2D eigenvalue weighted by Gasteiger charge is 2.36. The fourth-order valence-electron chi connectivity index (χ4n) is 3.63. The van der Waals surface area contributed by atoms with Crippen molar-refractivity contribution in [3.8, 4) is 0 Å². The van der Waals surface area contributed by atoms with Gasteiger partial charge in [-0.2, -0.15) is 0 Å². The van der Waals surface area contributed by atoms with Crippen molar-refractivity contribution in [3.05, 3.63) is 57.1 Å². The first-order chi connectivity index (χ1) is 14.1. The van der Waals surface area contributed by atoms with Gasteiger partial charge in [-0.1, -0.05) is 23.4 Å². The molecule has 1 aliphatic carbocycles. The molecule has 1 aliphatic rings. The number of carbonyl (C=O) groups excluding carboxylic acids is 2. The van der Waals surface area contributed by atoms with E-state index in [1.54, 1.807) is 11.4 Å². The van der Waals surface area contributed by atoms with E-state index < -0.39 is 6.04 Å². The number of aryl methyl sites for hydroxylation is 1. The van der Waals surface area contributed by atoms with Crippen molar-refractivity contribution in [2.24, 2.45) is 0 Å². The van der Waals surface area contributed by atoms with Gasteiger partial charge in [-0.05, 0) is 54.9 Å². The van der Waals surface area contributed by atoms with E-state index in [0.717, 1.165) is 42.1 Å². The third-order valence-electron chi connectivity index (χ3n) is 5.04. The summed E-state index contributed by atoms with van der Waals surface area (Å²) >= 11 is 2.65. The molecule has 29 heavy (non-hydrogen) atoms. The molecule has 2 amide bonds. The predicted octanol–water partition coefficient (Wildman–Crippen LogP) is 3.94. The van der Waals surface area contributed by atoms with Crippen LogP contribution in [-0.4, -0.2) is 32.3 Å². The van der Waals surface area contributed by atoms with E-state index in [-0.39, 0.29) is 30.1 Å². The summed E-state index contributed by atoms with van der Waals surface area (Å²) < 4.78 is 9.62. The monoisotopic (exact) mass is 430 g/mol. The van der Waals surface area contributed by atoms with Crippen LogP contribution >= 0.6 is 22.9 Å². The van der Waals surface area contributed by atoms with Gasteiger partial charge in [-0.15, -0.1) is 16.4 Å². The minimum Gasteiger partial charge on any atom is -0.464 e. The Kier molecular flexibility index (Phi) is 6.05. The van der Waals surface area contributed by atoms with Crippen molar-refractivity contribution >= 4 is 34.7 Å². The molecule has 1 atom stereocenters. The lowest BCUT2D eigenvalue weighted by molar-refractivity contribution is -0.127. The minimum absolute atomic E-state index is 0.140. The van der Waals surface area contributed by atoms with Crippen LogP contribution in [0.4, 0.5) is 0 Å². The predicted molar refractivity (Wildman–Crippen MR) is 111 cm³/mol. The standard InChI is InChI=1S/C20H22N4O3S2/c1-13-8-9-17(27-13)18(19(25)21-14-5-2-3-6-14)24(11-15-7-4-10-28-15)20(26)16-12-29-23-22-16/h4,7-10,12,14,18H,2-3,5-6,11H2,1H3,(H,21,25)/t18-/m1/s1. The van der Waals surface area contributed by atoms with Gasteiger partial charge in [-0.3, -0.25) is 9.59 Å². The third-order valence-corrected chi connectivity index (χ3v) is 6.40. The zero-order valence-corrected chi connectivity index (χ0v) is 17.7. The Labute approximate surface area is 176 Å². The molecule has 0 spiro atoms. The molecular formula is C20H22N4O3S2. The molecule has 0 aliphatic heterocycles. The number of amides is 2. The molecule has 1 N–H and O–H groups in total. The topological polar surface area (TPSA) is 88.3 Å². The van der Waals surface area contributed by atoms with E-state index in [4.69, 9.17) is 4.42 Å². The maximum atomic E-state index is 13.4. The van der Waals surface area contributed by atoms with E-state index in [2.05, 4.69) is 14.9 Å². The Balaban J connectivity index is 1.69. The maximum absolute atomic E-state index is 13.4. The van der Waals surface area contributed by atoms with Crippen molar-refractivity contribution in [3.63, 3.8) is 0 Å². The van der Waals surface area contributed by atoms with Crippen molar-refractivity contribution < 1.29 is 14.0 Å². The lowest BCUT2D eigenvalue weighted by Crippen LogP contribution is -2.45. The zero-order chi connectivity index (χ0) is 20.2. The number of carbonyl (C=O) groups is 2. The SMILES string of the molecule is Cc1ccc([C@H](C(=O)NC2CCCC2)N(Cc2cccs2)C(=O)c2csnn2)o1. The Morgan fingerprint density at radius 2 is 2.14 bits per heavy atom. The third kappa shape index (κ3) is 4.56. The van der Waals surface area contributed by atoms with Gasteiger partial charge in [0, 0.05) is 16.3 Å². The maximum Gasteiger partial charge on any atom is 0.276 e. The molecule has 0 unspecified atom stereocenters. The van der Waals surface area contributed by atoms with Crippen LogP contribution in [0.15, 0.2) is 39.4 Å². The van der Waals surface area contributed by atoms with Gasteiger partial charge in [-0.25, -0.2) is 0 Å². The number of aromatic nitrogens is 2. The Morgan fingerprint density at radius 1 is 1.31 bits per heavy atom. The number of furan rings is 1. The number of hydrogen-bond acceptors (Lipinski definition) is 7. The molecule has 0 bridgehead atoms. The molecule has 3 aromatic rings. The van der Waals surface area contributed by atoms with E-state index >= 15 is 0 Å². The lowest BCUT2D eigenvalue weighted by atomic mass is 10.1. The molecule has 1 fully saturated rings. The Bertz CT molecular complexity index is 946. The number of hydrogen-bond donors (Lipinski definition) is 1. The van der Waals surface area contributed by atoms with Crippen molar-refractivity contribution in [1.82, 2.24) is 19.8 Å². The largest absolute Gasteiger partial charge is 0.464 e. The van der Waals surface area contributed by atoms with Gasteiger partial charge < -0.3 is 14.6 Å². The summed E-state index contributed by atoms with van der Waals surface area (Å²) in [6, 6.07) is 6.72. The van der Waals surface area contributed by atoms with Crippen LogP contribution in [-0.2, 0) is 11.3 Å².